The van der Waals surface area contributed by atoms with E-state index in [0.717, 1.165) is 32.4 Å². The predicted octanol–water partition coefficient (Wildman–Crippen LogP) is 1.14. The Morgan fingerprint density at radius 1 is 1.24 bits per heavy atom. The SMILES string of the molecule is CC(C)(C)C(=O)N1CCCC(C(=O)NCC2CCCN2)C1. The number of hydrogen-bond acceptors (Lipinski definition) is 3. The van der Waals surface area contributed by atoms with Gasteiger partial charge < -0.3 is 15.5 Å². The molecule has 0 spiro atoms. The highest BCUT2D eigenvalue weighted by atomic mass is 16.2. The van der Waals surface area contributed by atoms with Crippen LogP contribution in [0.5, 0.6) is 0 Å². The number of carbonyl (C=O) groups excluding carboxylic acids is 2. The Bertz CT molecular complexity index is 383. The molecule has 21 heavy (non-hydrogen) atoms. The Morgan fingerprint density at radius 2 is 2.00 bits per heavy atom. The average Bonchev–Trinajstić information content (AvgIpc) is 2.96. The van der Waals surface area contributed by atoms with E-state index < -0.39 is 0 Å². The molecule has 5 nitrogen and oxygen atoms in total. The maximum absolute atomic E-state index is 12.3. The number of amides is 2. The molecule has 2 atom stereocenters. The van der Waals surface area contributed by atoms with Crippen LogP contribution in [0, 0.1) is 11.3 Å². The summed E-state index contributed by atoms with van der Waals surface area (Å²) in [5, 5.41) is 6.44. The molecule has 0 aliphatic carbocycles. The lowest BCUT2D eigenvalue weighted by molar-refractivity contribution is -0.142. The van der Waals surface area contributed by atoms with Crippen LogP contribution in [-0.4, -0.2) is 48.9 Å². The normalized spacial score (nSPS) is 26.7. The van der Waals surface area contributed by atoms with Gasteiger partial charge in [-0.25, -0.2) is 0 Å². The summed E-state index contributed by atoms with van der Waals surface area (Å²) in [6, 6.07) is 0.421. The molecule has 0 aromatic rings. The van der Waals surface area contributed by atoms with Gasteiger partial charge in [0.25, 0.3) is 0 Å². The van der Waals surface area contributed by atoms with E-state index in [1.165, 1.54) is 6.42 Å². The molecule has 0 aromatic heterocycles. The second-order valence-electron chi connectivity index (χ2n) is 7.38. The van der Waals surface area contributed by atoms with Gasteiger partial charge in [-0.2, -0.15) is 0 Å². The molecule has 2 fully saturated rings. The minimum absolute atomic E-state index is 0.0496. The Hall–Kier alpha value is -1.10. The smallest absolute Gasteiger partial charge is 0.227 e. The molecule has 0 aromatic carbocycles. The van der Waals surface area contributed by atoms with Gasteiger partial charge in [-0.05, 0) is 32.2 Å². The number of rotatable bonds is 3. The summed E-state index contributed by atoms with van der Waals surface area (Å²) in [4.78, 5) is 26.5. The highest BCUT2D eigenvalue weighted by Gasteiger charge is 2.33. The van der Waals surface area contributed by atoms with Crippen LogP contribution in [0.4, 0.5) is 0 Å². The second kappa shape index (κ2) is 6.77. The van der Waals surface area contributed by atoms with Crippen LogP contribution in [0.2, 0.25) is 0 Å². The zero-order valence-electron chi connectivity index (χ0n) is 13.6. The minimum atomic E-state index is -0.369. The number of piperidine rings is 1. The van der Waals surface area contributed by atoms with E-state index in [9.17, 15) is 9.59 Å². The third kappa shape index (κ3) is 4.43. The van der Waals surface area contributed by atoms with Crippen LogP contribution in [-0.2, 0) is 9.59 Å². The summed E-state index contributed by atoms with van der Waals surface area (Å²) in [5.74, 6) is 0.207. The molecule has 0 radical (unpaired) electrons. The zero-order valence-corrected chi connectivity index (χ0v) is 13.6. The minimum Gasteiger partial charge on any atom is -0.354 e. The van der Waals surface area contributed by atoms with Gasteiger partial charge in [0.1, 0.15) is 0 Å². The lowest BCUT2D eigenvalue weighted by Gasteiger charge is -2.36. The fourth-order valence-electron chi connectivity index (χ4n) is 3.15. The van der Waals surface area contributed by atoms with Crippen LogP contribution < -0.4 is 10.6 Å². The predicted molar refractivity (Wildman–Crippen MR) is 82.8 cm³/mol. The Kier molecular flexibility index (Phi) is 5.25. The third-order valence-corrected chi connectivity index (χ3v) is 4.41. The zero-order chi connectivity index (χ0) is 15.5. The fourth-order valence-corrected chi connectivity index (χ4v) is 3.15. The van der Waals surface area contributed by atoms with Crippen molar-refractivity contribution >= 4 is 11.8 Å². The lowest BCUT2D eigenvalue weighted by Crippen LogP contribution is -2.49. The molecule has 120 valence electrons. The average molecular weight is 295 g/mol. The van der Waals surface area contributed by atoms with Crippen molar-refractivity contribution in [3.8, 4) is 0 Å². The van der Waals surface area contributed by atoms with Gasteiger partial charge in [-0.1, -0.05) is 20.8 Å². The van der Waals surface area contributed by atoms with Crippen molar-refractivity contribution in [3.63, 3.8) is 0 Å². The first-order chi connectivity index (χ1) is 9.88. The number of nitrogens with zero attached hydrogens (tertiary/aromatic N) is 1. The van der Waals surface area contributed by atoms with Crippen molar-refractivity contribution in [1.29, 1.82) is 0 Å². The molecule has 2 amide bonds. The van der Waals surface area contributed by atoms with Crippen LogP contribution in [0.15, 0.2) is 0 Å². The number of nitrogens with one attached hydrogen (secondary N) is 2. The Labute approximate surface area is 127 Å². The summed E-state index contributed by atoms with van der Waals surface area (Å²) in [7, 11) is 0. The van der Waals surface area contributed by atoms with Gasteiger partial charge in [-0.3, -0.25) is 9.59 Å². The molecule has 5 heteroatoms. The van der Waals surface area contributed by atoms with E-state index in [-0.39, 0.29) is 23.1 Å². The maximum atomic E-state index is 12.3. The highest BCUT2D eigenvalue weighted by molar-refractivity contribution is 5.83. The topological polar surface area (TPSA) is 61.4 Å². The molecule has 0 bridgehead atoms. The van der Waals surface area contributed by atoms with Gasteiger partial charge >= 0.3 is 0 Å². The first-order valence-corrected chi connectivity index (χ1v) is 8.18. The number of likely N-dealkylation sites (tertiary alicyclic amines) is 1. The van der Waals surface area contributed by atoms with Gasteiger partial charge in [0.15, 0.2) is 0 Å². The van der Waals surface area contributed by atoms with Gasteiger partial charge in [0.05, 0.1) is 5.92 Å². The monoisotopic (exact) mass is 295 g/mol. The standard InChI is InChI=1S/C16H29N3O2/c1-16(2,3)15(21)19-9-5-6-12(11-19)14(20)18-10-13-7-4-8-17-13/h12-13,17H,4-11H2,1-3H3,(H,18,20). The quantitative estimate of drug-likeness (QED) is 0.821. The van der Waals surface area contributed by atoms with Gasteiger partial charge in [0.2, 0.25) is 11.8 Å². The maximum Gasteiger partial charge on any atom is 0.227 e. The largest absolute Gasteiger partial charge is 0.354 e. The van der Waals surface area contributed by atoms with Crippen LogP contribution in [0.25, 0.3) is 0 Å². The van der Waals surface area contributed by atoms with Crippen LogP contribution in [0.1, 0.15) is 46.5 Å². The summed E-state index contributed by atoms with van der Waals surface area (Å²) in [5.41, 5.74) is -0.369. The Morgan fingerprint density at radius 3 is 2.62 bits per heavy atom. The number of hydrogen-bond donors (Lipinski definition) is 2. The van der Waals surface area contributed by atoms with E-state index in [0.29, 0.717) is 19.1 Å². The second-order valence-corrected chi connectivity index (χ2v) is 7.38. The summed E-state index contributed by atoms with van der Waals surface area (Å²) in [6.45, 7) is 8.92. The van der Waals surface area contributed by atoms with Gasteiger partial charge in [-0.15, -0.1) is 0 Å². The first-order valence-electron chi connectivity index (χ1n) is 8.18. The van der Waals surface area contributed by atoms with E-state index in [4.69, 9.17) is 0 Å². The molecular formula is C16H29N3O2. The summed E-state index contributed by atoms with van der Waals surface area (Å²) in [6.07, 6.45) is 4.14. The molecule has 2 saturated heterocycles. The molecule has 2 heterocycles. The lowest BCUT2D eigenvalue weighted by atomic mass is 9.91. The van der Waals surface area contributed by atoms with Crippen LogP contribution in [0.3, 0.4) is 0 Å². The molecule has 2 aliphatic heterocycles. The summed E-state index contributed by atoms with van der Waals surface area (Å²) < 4.78 is 0. The van der Waals surface area contributed by atoms with E-state index >= 15 is 0 Å². The fraction of sp³-hybridized carbons (Fsp3) is 0.875. The molecule has 2 unspecified atom stereocenters. The van der Waals surface area contributed by atoms with Crippen molar-refractivity contribution in [1.82, 2.24) is 15.5 Å². The van der Waals surface area contributed by atoms with E-state index in [1.807, 2.05) is 25.7 Å². The van der Waals surface area contributed by atoms with E-state index in [2.05, 4.69) is 10.6 Å². The van der Waals surface area contributed by atoms with Crippen molar-refractivity contribution in [3.05, 3.63) is 0 Å². The molecule has 2 rings (SSSR count). The third-order valence-electron chi connectivity index (χ3n) is 4.41. The van der Waals surface area contributed by atoms with Crippen LogP contribution >= 0.6 is 0 Å². The van der Waals surface area contributed by atoms with E-state index in [1.54, 1.807) is 0 Å². The molecular weight excluding hydrogens is 266 g/mol. The first kappa shape index (κ1) is 16.3. The van der Waals surface area contributed by atoms with Crippen molar-refractivity contribution in [2.75, 3.05) is 26.2 Å². The highest BCUT2D eigenvalue weighted by Crippen LogP contribution is 2.23. The molecule has 2 aliphatic rings. The summed E-state index contributed by atoms with van der Waals surface area (Å²) >= 11 is 0. The molecule has 0 saturated carbocycles. The molecule has 2 N–H and O–H groups in total. The van der Waals surface area contributed by atoms with Crippen molar-refractivity contribution in [2.24, 2.45) is 11.3 Å². The Balaban J connectivity index is 1.82. The number of carbonyl (C=O) groups is 2. The van der Waals surface area contributed by atoms with Crippen molar-refractivity contribution in [2.45, 2.75) is 52.5 Å². The van der Waals surface area contributed by atoms with Crippen molar-refractivity contribution < 1.29 is 9.59 Å². The van der Waals surface area contributed by atoms with Gasteiger partial charge in [0, 0.05) is 31.1 Å².